The van der Waals surface area contributed by atoms with E-state index in [1.54, 1.807) is 24.4 Å². The lowest BCUT2D eigenvalue weighted by Gasteiger charge is -2.17. The number of allylic oxidation sites excluding steroid dienone is 1. The van der Waals surface area contributed by atoms with Gasteiger partial charge in [-0.25, -0.2) is 0 Å². The van der Waals surface area contributed by atoms with Gasteiger partial charge >= 0.3 is 0 Å². The first-order valence-electron chi connectivity index (χ1n) is 11.3. The number of aromatic hydroxyl groups is 1. The molecule has 7 nitrogen and oxygen atoms in total. The molecule has 2 N–H and O–H groups in total. The van der Waals surface area contributed by atoms with Crippen LogP contribution in [0.25, 0.3) is 11.6 Å². The number of hydrogen-bond donors (Lipinski definition) is 2. The van der Waals surface area contributed by atoms with Crippen LogP contribution in [-0.2, 0) is 11.3 Å². The van der Waals surface area contributed by atoms with E-state index in [1.165, 1.54) is 14.2 Å². The van der Waals surface area contributed by atoms with Crippen molar-refractivity contribution >= 4 is 17.6 Å². The first kappa shape index (κ1) is 23.8. The number of benzene rings is 2. The highest BCUT2D eigenvalue weighted by Crippen LogP contribution is 2.49. The van der Waals surface area contributed by atoms with Crippen LogP contribution in [0.15, 0.2) is 54.7 Å². The summed E-state index contributed by atoms with van der Waals surface area (Å²) in [5.41, 5.74) is 5.18. The predicted molar refractivity (Wildman–Crippen MR) is 133 cm³/mol. The summed E-state index contributed by atoms with van der Waals surface area (Å²) in [7, 11) is 2.98. The van der Waals surface area contributed by atoms with E-state index in [9.17, 15) is 15.2 Å². The second-order valence-corrected chi connectivity index (χ2v) is 8.48. The average molecular weight is 470 g/mol. The molecule has 1 aromatic heterocycles. The van der Waals surface area contributed by atoms with E-state index >= 15 is 0 Å². The maximum absolute atomic E-state index is 12.9. The zero-order valence-electron chi connectivity index (χ0n) is 19.9. The van der Waals surface area contributed by atoms with Gasteiger partial charge in [0.25, 0.3) is 0 Å². The fourth-order valence-electron chi connectivity index (χ4n) is 4.57. The molecule has 2 aromatic carbocycles. The Morgan fingerprint density at radius 2 is 1.91 bits per heavy atom. The zero-order chi connectivity index (χ0) is 24.9. The zero-order valence-corrected chi connectivity index (χ0v) is 19.9. The summed E-state index contributed by atoms with van der Waals surface area (Å²) in [6.07, 6.45) is 4.01. The molecule has 2 unspecified atom stereocenters. The number of nitrogens with zero attached hydrogens (tertiary/aromatic N) is 2. The number of ether oxygens (including phenoxy) is 2. The van der Waals surface area contributed by atoms with Gasteiger partial charge in [-0.3, -0.25) is 9.78 Å². The number of methoxy groups -OCH3 is 2. The first-order valence-corrected chi connectivity index (χ1v) is 11.3. The molecule has 1 aliphatic carbocycles. The number of phenols is 1. The maximum atomic E-state index is 12.9. The standard InChI is InChI=1S/C28H27N3O4/c1-17-22(11-19-12-25(34-2)28(33)26(13-19)35-3)21-8-7-18(15-29)10-24(21)23(17)14-27(32)31-16-20-6-4-5-9-30-20/h4-13,17,23,33H,14,16H2,1-3H3,(H,31,32). The molecule has 0 fully saturated rings. The number of phenolic OH excluding ortho intramolecular Hbond substituents is 1. The van der Waals surface area contributed by atoms with Crippen LogP contribution in [0.1, 0.15) is 47.2 Å². The van der Waals surface area contributed by atoms with Gasteiger partial charge in [0, 0.05) is 12.6 Å². The van der Waals surface area contributed by atoms with Gasteiger partial charge in [-0.1, -0.05) is 25.1 Å². The second-order valence-electron chi connectivity index (χ2n) is 8.48. The molecule has 178 valence electrons. The smallest absolute Gasteiger partial charge is 0.220 e. The van der Waals surface area contributed by atoms with Crippen LogP contribution in [0, 0.1) is 17.2 Å². The molecule has 0 bridgehead atoms. The highest BCUT2D eigenvalue weighted by Gasteiger charge is 2.35. The third-order valence-corrected chi connectivity index (χ3v) is 6.41. The number of nitrogens with one attached hydrogen (secondary N) is 1. The second kappa shape index (κ2) is 10.3. The molecular weight excluding hydrogens is 442 g/mol. The minimum absolute atomic E-state index is 0.0188. The van der Waals surface area contributed by atoms with Crippen molar-refractivity contribution in [2.45, 2.75) is 25.8 Å². The van der Waals surface area contributed by atoms with Crippen molar-refractivity contribution in [3.63, 3.8) is 0 Å². The fraction of sp³-hybridized carbons (Fsp3) is 0.250. The topological polar surface area (TPSA) is 104 Å². The van der Waals surface area contributed by atoms with Gasteiger partial charge < -0.3 is 19.9 Å². The summed E-state index contributed by atoms with van der Waals surface area (Å²) in [6, 6.07) is 16.9. The van der Waals surface area contributed by atoms with Gasteiger partial charge in [-0.05, 0) is 70.5 Å². The number of fused-ring (bicyclic) bond motifs is 1. The van der Waals surface area contributed by atoms with Crippen LogP contribution in [0.5, 0.6) is 17.2 Å². The molecule has 3 aromatic rings. The summed E-state index contributed by atoms with van der Waals surface area (Å²) in [6.45, 7) is 2.45. The molecule has 0 saturated carbocycles. The Bertz CT molecular complexity index is 1290. The number of hydrogen-bond acceptors (Lipinski definition) is 6. The first-order chi connectivity index (χ1) is 16.9. The summed E-state index contributed by atoms with van der Waals surface area (Å²) in [4.78, 5) is 17.1. The number of amides is 1. The third-order valence-electron chi connectivity index (χ3n) is 6.41. The molecule has 0 aliphatic heterocycles. The highest BCUT2D eigenvalue weighted by molar-refractivity contribution is 5.90. The number of carbonyl (C=O) groups is 1. The van der Waals surface area contributed by atoms with Crippen LogP contribution < -0.4 is 14.8 Å². The molecule has 0 radical (unpaired) electrons. The highest BCUT2D eigenvalue weighted by atomic mass is 16.5. The quantitative estimate of drug-likeness (QED) is 0.522. The Morgan fingerprint density at radius 1 is 1.17 bits per heavy atom. The lowest BCUT2D eigenvalue weighted by molar-refractivity contribution is -0.121. The van der Waals surface area contributed by atoms with Crippen molar-refractivity contribution in [1.82, 2.24) is 10.3 Å². The molecule has 0 spiro atoms. The summed E-state index contributed by atoms with van der Waals surface area (Å²) >= 11 is 0. The molecule has 2 atom stereocenters. The van der Waals surface area contributed by atoms with Crippen molar-refractivity contribution in [2.75, 3.05) is 14.2 Å². The molecule has 1 amide bonds. The lowest BCUT2D eigenvalue weighted by atomic mass is 9.88. The normalized spacial score (nSPS) is 17.5. The van der Waals surface area contributed by atoms with Crippen molar-refractivity contribution in [1.29, 1.82) is 5.26 Å². The van der Waals surface area contributed by atoms with Crippen molar-refractivity contribution in [3.05, 3.63) is 82.7 Å². The summed E-state index contributed by atoms with van der Waals surface area (Å²) in [5.74, 6) is 0.424. The monoisotopic (exact) mass is 469 g/mol. The number of pyridine rings is 1. The molecule has 35 heavy (non-hydrogen) atoms. The third kappa shape index (κ3) is 4.97. The van der Waals surface area contributed by atoms with E-state index in [-0.39, 0.29) is 29.9 Å². The minimum Gasteiger partial charge on any atom is -0.502 e. The lowest BCUT2D eigenvalue weighted by Crippen LogP contribution is -2.25. The van der Waals surface area contributed by atoms with E-state index in [0.717, 1.165) is 28.0 Å². The number of rotatable bonds is 7. The molecule has 4 rings (SSSR count). The SMILES string of the molecule is COc1cc(C=C2c3ccc(C#N)cc3C(CC(=O)NCc3ccccn3)C2C)cc(OC)c1O. The molecule has 1 heterocycles. The largest absolute Gasteiger partial charge is 0.502 e. The Kier molecular flexibility index (Phi) is 7.02. The van der Waals surface area contributed by atoms with E-state index in [4.69, 9.17) is 9.47 Å². The van der Waals surface area contributed by atoms with E-state index in [2.05, 4.69) is 23.3 Å². The van der Waals surface area contributed by atoms with Crippen LogP contribution in [-0.4, -0.2) is 30.2 Å². The van der Waals surface area contributed by atoms with Gasteiger partial charge in [0.05, 0.1) is 38.1 Å². The van der Waals surface area contributed by atoms with Crippen molar-refractivity contribution in [2.24, 2.45) is 5.92 Å². The van der Waals surface area contributed by atoms with E-state index in [0.29, 0.717) is 23.6 Å². The maximum Gasteiger partial charge on any atom is 0.220 e. The summed E-state index contributed by atoms with van der Waals surface area (Å²) in [5, 5.41) is 22.7. The Morgan fingerprint density at radius 3 is 2.54 bits per heavy atom. The van der Waals surface area contributed by atoms with Gasteiger partial charge in [-0.15, -0.1) is 0 Å². The average Bonchev–Trinajstić information content (AvgIpc) is 3.13. The van der Waals surface area contributed by atoms with Crippen LogP contribution >= 0.6 is 0 Å². The fourth-order valence-corrected chi connectivity index (χ4v) is 4.57. The minimum atomic E-state index is -0.0887. The predicted octanol–water partition coefficient (Wildman–Crippen LogP) is 4.66. The van der Waals surface area contributed by atoms with Crippen LogP contribution in [0.3, 0.4) is 0 Å². The summed E-state index contributed by atoms with van der Waals surface area (Å²) < 4.78 is 10.6. The molecule has 0 saturated heterocycles. The van der Waals surface area contributed by atoms with E-state index in [1.807, 2.05) is 36.4 Å². The van der Waals surface area contributed by atoms with Gasteiger partial charge in [-0.2, -0.15) is 5.26 Å². The Balaban J connectivity index is 1.66. The van der Waals surface area contributed by atoms with Crippen molar-refractivity contribution in [3.8, 4) is 23.3 Å². The molecule has 1 aliphatic rings. The number of aromatic nitrogens is 1. The van der Waals surface area contributed by atoms with Crippen LogP contribution in [0.4, 0.5) is 0 Å². The van der Waals surface area contributed by atoms with Gasteiger partial charge in [0.2, 0.25) is 11.7 Å². The van der Waals surface area contributed by atoms with E-state index < -0.39 is 0 Å². The van der Waals surface area contributed by atoms with Crippen LogP contribution in [0.2, 0.25) is 0 Å². The molecular formula is C28H27N3O4. The van der Waals surface area contributed by atoms with Crippen molar-refractivity contribution < 1.29 is 19.4 Å². The molecule has 7 heteroatoms. The van der Waals surface area contributed by atoms with Gasteiger partial charge in [0.1, 0.15) is 0 Å². The Labute approximate surface area is 204 Å². The van der Waals surface area contributed by atoms with Gasteiger partial charge in [0.15, 0.2) is 11.5 Å². The Hall–Kier alpha value is -4.31. The number of carbonyl (C=O) groups excluding carboxylic acids is 1. The number of nitriles is 1.